The van der Waals surface area contributed by atoms with Crippen LogP contribution in [0.25, 0.3) is 0 Å². The van der Waals surface area contributed by atoms with E-state index in [2.05, 4.69) is 41.0 Å². The van der Waals surface area contributed by atoms with Gasteiger partial charge in [0.25, 0.3) is 0 Å². The molecule has 2 aliphatic rings. The Morgan fingerprint density at radius 1 is 1.14 bits per heavy atom. The number of hydrogen-bond acceptors (Lipinski definition) is 0. The second kappa shape index (κ2) is 3.25. The van der Waals surface area contributed by atoms with E-state index in [-0.39, 0.29) is 0 Å². The molecule has 76 valence electrons. The van der Waals surface area contributed by atoms with Crippen molar-refractivity contribution in [2.24, 2.45) is 17.8 Å². The highest BCUT2D eigenvalue weighted by molar-refractivity contribution is 5.51. The lowest BCUT2D eigenvalue weighted by atomic mass is 9.75. The molecule has 0 saturated carbocycles. The summed E-state index contributed by atoms with van der Waals surface area (Å²) in [5.41, 5.74) is 6.44. The summed E-state index contributed by atoms with van der Waals surface area (Å²) >= 11 is 0. The van der Waals surface area contributed by atoms with Crippen LogP contribution in [0.2, 0.25) is 0 Å². The van der Waals surface area contributed by atoms with Gasteiger partial charge in [0.2, 0.25) is 0 Å². The fourth-order valence-corrected chi connectivity index (χ4v) is 2.85. The van der Waals surface area contributed by atoms with Crippen molar-refractivity contribution < 1.29 is 0 Å². The van der Waals surface area contributed by atoms with Crippen molar-refractivity contribution in [3.63, 3.8) is 0 Å². The Morgan fingerprint density at radius 2 is 1.79 bits per heavy atom. The lowest BCUT2D eigenvalue weighted by Crippen LogP contribution is -2.18. The lowest BCUT2D eigenvalue weighted by molar-refractivity contribution is 0.463. The van der Waals surface area contributed by atoms with Gasteiger partial charge in [-0.3, -0.25) is 0 Å². The van der Waals surface area contributed by atoms with Crippen LogP contribution in [-0.2, 0) is 0 Å². The molecule has 0 spiro atoms. The molecule has 0 heteroatoms. The molecule has 0 nitrogen and oxygen atoms in total. The van der Waals surface area contributed by atoms with Gasteiger partial charge in [0, 0.05) is 0 Å². The smallest absolute Gasteiger partial charge is 0.00121 e. The van der Waals surface area contributed by atoms with Crippen LogP contribution < -0.4 is 0 Å². The van der Waals surface area contributed by atoms with E-state index in [0.29, 0.717) is 17.8 Å². The molecule has 0 amide bonds. The first-order valence-electron chi connectivity index (χ1n) is 5.68. The minimum Gasteiger partial charge on any atom is -0.0632 e. The SMILES string of the molecule is CC1=C(C)C(C)C2=C1C(C)C(C)[C]C2. The molecule has 0 bridgehead atoms. The number of hydrogen-bond donors (Lipinski definition) is 0. The summed E-state index contributed by atoms with van der Waals surface area (Å²) in [5, 5.41) is 0. The van der Waals surface area contributed by atoms with Crippen LogP contribution in [0.5, 0.6) is 0 Å². The Hall–Kier alpha value is -0.520. The molecule has 2 radical (unpaired) electrons. The largest absolute Gasteiger partial charge is 0.0632 e. The minimum absolute atomic E-state index is 0.627. The summed E-state index contributed by atoms with van der Waals surface area (Å²) in [5.74, 6) is 1.98. The molecule has 0 aromatic rings. The van der Waals surface area contributed by atoms with Crippen LogP contribution in [-0.4, -0.2) is 0 Å². The molecule has 0 aromatic carbocycles. The van der Waals surface area contributed by atoms with Crippen LogP contribution in [0, 0.1) is 24.2 Å². The fraction of sp³-hybridized carbons (Fsp3) is 0.643. The first kappa shape index (κ1) is 10.0. The van der Waals surface area contributed by atoms with E-state index in [4.69, 9.17) is 0 Å². The van der Waals surface area contributed by atoms with Crippen molar-refractivity contribution in [1.29, 1.82) is 0 Å². The Morgan fingerprint density at radius 3 is 2.43 bits per heavy atom. The average molecular weight is 188 g/mol. The summed E-state index contributed by atoms with van der Waals surface area (Å²) in [6, 6.07) is 0. The first-order valence-corrected chi connectivity index (χ1v) is 5.68. The predicted octanol–water partition coefficient (Wildman–Crippen LogP) is 4.03. The van der Waals surface area contributed by atoms with Crippen LogP contribution >= 0.6 is 0 Å². The zero-order valence-electron chi connectivity index (χ0n) is 9.94. The van der Waals surface area contributed by atoms with E-state index in [9.17, 15) is 0 Å². The molecule has 3 unspecified atom stereocenters. The maximum Gasteiger partial charge on any atom is -0.00121 e. The Kier molecular flexibility index (Phi) is 2.33. The third-order valence-corrected chi connectivity index (χ3v) is 4.33. The quantitative estimate of drug-likeness (QED) is 0.538. The molecule has 3 atom stereocenters. The Bertz CT molecular complexity index is 317. The van der Waals surface area contributed by atoms with Crippen molar-refractivity contribution >= 4 is 0 Å². The van der Waals surface area contributed by atoms with Gasteiger partial charge in [-0.15, -0.1) is 0 Å². The second-order valence-corrected chi connectivity index (χ2v) is 4.93. The van der Waals surface area contributed by atoms with Gasteiger partial charge in [0.1, 0.15) is 0 Å². The number of allylic oxidation sites excluding steroid dienone is 4. The monoisotopic (exact) mass is 188 g/mol. The van der Waals surface area contributed by atoms with Crippen molar-refractivity contribution in [2.45, 2.75) is 41.0 Å². The molecule has 0 saturated heterocycles. The molecule has 0 heterocycles. The van der Waals surface area contributed by atoms with E-state index in [0.717, 1.165) is 6.42 Å². The van der Waals surface area contributed by atoms with Gasteiger partial charge in [-0.25, -0.2) is 0 Å². The van der Waals surface area contributed by atoms with E-state index in [1.54, 1.807) is 22.3 Å². The van der Waals surface area contributed by atoms with Crippen LogP contribution in [0.3, 0.4) is 0 Å². The van der Waals surface area contributed by atoms with Gasteiger partial charge in [-0.05, 0) is 55.6 Å². The number of rotatable bonds is 0. The molecule has 2 rings (SSSR count). The van der Waals surface area contributed by atoms with Crippen LogP contribution in [0.4, 0.5) is 0 Å². The van der Waals surface area contributed by atoms with E-state index < -0.39 is 0 Å². The average Bonchev–Trinajstić information content (AvgIpc) is 2.38. The van der Waals surface area contributed by atoms with Crippen LogP contribution in [0.15, 0.2) is 22.3 Å². The highest BCUT2D eigenvalue weighted by atomic mass is 14.4. The summed E-state index contributed by atoms with van der Waals surface area (Å²) in [6.45, 7) is 11.6. The minimum atomic E-state index is 0.627. The molecule has 0 fully saturated rings. The van der Waals surface area contributed by atoms with E-state index >= 15 is 0 Å². The molecular formula is C14H20. The summed E-state index contributed by atoms with van der Waals surface area (Å²) in [4.78, 5) is 0. The second-order valence-electron chi connectivity index (χ2n) is 4.93. The van der Waals surface area contributed by atoms with Crippen molar-refractivity contribution in [3.8, 4) is 0 Å². The standard InChI is InChI=1S/C14H20/c1-8-6-7-13-11(4)10(3)12(5)14(13)9(8)2/h8-9,11H,7H2,1-5H3. The predicted molar refractivity (Wildman–Crippen MR) is 60.8 cm³/mol. The Balaban J connectivity index is 2.44. The molecule has 0 aliphatic heterocycles. The van der Waals surface area contributed by atoms with E-state index in [1.165, 1.54) is 0 Å². The maximum absolute atomic E-state index is 3.59. The maximum atomic E-state index is 3.59. The summed E-state index contributed by atoms with van der Waals surface area (Å²) in [6.07, 6.45) is 4.68. The van der Waals surface area contributed by atoms with Crippen molar-refractivity contribution in [2.75, 3.05) is 0 Å². The molecule has 14 heavy (non-hydrogen) atoms. The lowest BCUT2D eigenvalue weighted by Gasteiger charge is -2.29. The zero-order chi connectivity index (χ0) is 10.5. The van der Waals surface area contributed by atoms with Gasteiger partial charge in [-0.1, -0.05) is 31.9 Å². The van der Waals surface area contributed by atoms with Crippen molar-refractivity contribution in [1.82, 2.24) is 0 Å². The molecule has 0 N–H and O–H groups in total. The highest BCUT2D eigenvalue weighted by Gasteiger charge is 2.34. The third kappa shape index (κ3) is 1.20. The zero-order valence-corrected chi connectivity index (χ0v) is 9.94. The van der Waals surface area contributed by atoms with Gasteiger partial charge in [-0.2, -0.15) is 0 Å². The third-order valence-electron chi connectivity index (χ3n) is 4.33. The van der Waals surface area contributed by atoms with Gasteiger partial charge in [0.15, 0.2) is 0 Å². The first-order chi connectivity index (χ1) is 6.54. The van der Waals surface area contributed by atoms with Crippen molar-refractivity contribution in [3.05, 3.63) is 28.7 Å². The van der Waals surface area contributed by atoms with E-state index in [1.807, 2.05) is 0 Å². The topological polar surface area (TPSA) is 0 Å². The van der Waals surface area contributed by atoms with Gasteiger partial charge >= 0.3 is 0 Å². The molecule has 2 aliphatic carbocycles. The molecular weight excluding hydrogens is 168 g/mol. The molecule has 0 aromatic heterocycles. The Labute approximate surface area is 88.1 Å². The normalized spacial score (nSPS) is 37.9. The fourth-order valence-electron chi connectivity index (χ4n) is 2.85. The summed E-state index contributed by atoms with van der Waals surface area (Å²) < 4.78 is 0. The summed E-state index contributed by atoms with van der Waals surface area (Å²) in [7, 11) is 0. The van der Waals surface area contributed by atoms with Crippen LogP contribution in [0.1, 0.15) is 41.0 Å². The van der Waals surface area contributed by atoms with Gasteiger partial charge < -0.3 is 0 Å². The van der Waals surface area contributed by atoms with Gasteiger partial charge in [0.05, 0.1) is 0 Å². The highest BCUT2D eigenvalue weighted by Crippen LogP contribution is 2.47.